The molecule has 2 saturated heterocycles. The van der Waals surface area contributed by atoms with Gasteiger partial charge in [-0.3, -0.25) is 0 Å². The van der Waals surface area contributed by atoms with Crippen molar-refractivity contribution in [2.24, 2.45) is 17.2 Å². The predicted molar refractivity (Wildman–Crippen MR) is 165 cm³/mol. The minimum absolute atomic E-state index is 0.798. The lowest BCUT2D eigenvalue weighted by molar-refractivity contribution is 0.261. The number of likely N-dealkylation sites (tertiary alicyclic amines) is 2. The molecule has 2 rings (SSSR count). The van der Waals surface area contributed by atoms with Crippen LogP contribution in [-0.4, -0.2) is 106 Å². The van der Waals surface area contributed by atoms with Crippen molar-refractivity contribution in [1.82, 2.24) is 20.0 Å². The van der Waals surface area contributed by atoms with Crippen LogP contribution in [-0.2, 0) is 0 Å². The van der Waals surface area contributed by atoms with Crippen LogP contribution < -0.4 is 22.5 Å². The third-order valence-electron chi connectivity index (χ3n) is 7.30. The fourth-order valence-electron chi connectivity index (χ4n) is 4.87. The molecule has 2 fully saturated rings. The summed E-state index contributed by atoms with van der Waals surface area (Å²) in [4.78, 5) is 7.67. The molecular formula is C30H69N7. The lowest BCUT2D eigenvalue weighted by Crippen LogP contribution is -2.30. The fraction of sp³-hybridized carbons (Fsp3) is 1.00. The molecule has 0 aromatic carbocycles. The minimum atomic E-state index is 0.798. The van der Waals surface area contributed by atoms with E-state index in [0.29, 0.717) is 0 Å². The van der Waals surface area contributed by atoms with Crippen molar-refractivity contribution in [2.75, 3.05) is 91.6 Å². The van der Waals surface area contributed by atoms with Gasteiger partial charge in [0.2, 0.25) is 0 Å². The number of hydrogen-bond acceptors (Lipinski definition) is 7. The van der Waals surface area contributed by atoms with Crippen molar-refractivity contribution in [1.29, 1.82) is 0 Å². The quantitative estimate of drug-likeness (QED) is 0.189. The number of nitrogens with zero attached hydrogens (tertiary/aromatic N) is 3. The summed E-state index contributed by atoms with van der Waals surface area (Å²) in [5.74, 6) is 0. The van der Waals surface area contributed by atoms with Gasteiger partial charge in [-0.2, -0.15) is 0 Å². The van der Waals surface area contributed by atoms with E-state index in [1.54, 1.807) is 0 Å². The molecule has 37 heavy (non-hydrogen) atoms. The van der Waals surface area contributed by atoms with Gasteiger partial charge in [-0.25, -0.2) is 0 Å². The van der Waals surface area contributed by atoms with E-state index < -0.39 is 0 Å². The Kier molecular flexibility index (Phi) is 30.0. The first kappa shape index (κ1) is 36.7. The monoisotopic (exact) mass is 528 g/mol. The topological polar surface area (TPSA) is 99.8 Å². The third-order valence-corrected chi connectivity index (χ3v) is 7.30. The van der Waals surface area contributed by atoms with Crippen LogP contribution >= 0.6 is 0 Å². The number of unbranched alkanes of at least 4 members (excludes halogenated alkanes) is 2. The molecule has 7 nitrogen and oxygen atoms in total. The molecule has 7 N–H and O–H groups in total. The summed E-state index contributed by atoms with van der Waals surface area (Å²) < 4.78 is 0. The first-order valence-electron chi connectivity index (χ1n) is 16.2. The maximum atomic E-state index is 5.46. The largest absolute Gasteiger partial charge is 0.330 e. The molecule has 0 aromatic rings. The van der Waals surface area contributed by atoms with Crippen molar-refractivity contribution >= 4 is 0 Å². The lowest BCUT2D eigenvalue weighted by Gasteiger charge is -2.21. The van der Waals surface area contributed by atoms with E-state index in [9.17, 15) is 0 Å². The summed E-state index contributed by atoms with van der Waals surface area (Å²) in [7, 11) is 0. The van der Waals surface area contributed by atoms with Crippen LogP contribution in [0, 0.1) is 0 Å². The van der Waals surface area contributed by atoms with Gasteiger partial charge < -0.3 is 37.2 Å². The minimum Gasteiger partial charge on any atom is -0.330 e. The predicted octanol–water partition coefficient (Wildman–Crippen LogP) is 3.86. The Morgan fingerprint density at radius 3 is 1.38 bits per heavy atom. The zero-order valence-electron chi connectivity index (χ0n) is 25.4. The molecule has 224 valence electrons. The van der Waals surface area contributed by atoms with Gasteiger partial charge in [0.25, 0.3) is 0 Å². The van der Waals surface area contributed by atoms with E-state index in [1.165, 1.54) is 142 Å². The second kappa shape index (κ2) is 30.3. The Hall–Kier alpha value is -0.280. The van der Waals surface area contributed by atoms with Crippen molar-refractivity contribution in [3.05, 3.63) is 0 Å². The summed E-state index contributed by atoms with van der Waals surface area (Å²) in [5.41, 5.74) is 16.3. The second-order valence-electron chi connectivity index (χ2n) is 10.9. The molecule has 0 unspecified atom stereocenters. The van der Waals surface area contributed by atoms with Gasteiger partial charge in [-0.1, -0.05) is 39.5 Å². The van der Waals surface area contributed by atoms with Crippen molar-refractivity contribution in [3.8, 4) is 0 Å². The summed E-state index contributed by atoms with van der Waals surface area (Å²) >= 11 is 0. The highest BCUT2D eigenvalue weighted by Gasteiger charge is 2.09. The Morgan fingerprint density at radius 1 is 0.541 bits per heavy atom. The molecule has 0 atom stereocenters. The van der Waals surface area contributed by atoms with Crippen LogP contribution in [0.1, 0.15) is 104 Å². The zero-order valence-corrected chi connectivity index (χ0v) is 25.4. The van der Waals surface area contributed by atoms with Gasteiger partial charge in [-0.15, -0.1) is 0 Å². The Morgan fingerprint density at radius 2 is 0.946 bits per heavy atom. The molecular weight excluding hydrogens is 458 g/mol. The maximum absolute atomic E-state index is 5.46. The van der Waals surface area contributed by atoms with E-state index in [4.69, 9.17) is 17.2 Å². The number of hydrogen-bond donors (Lipinski definition) is 4. The van der Waals surface area contributed by atoms with Gasteiger partial charge in [0.15, 0.2) is 0 Å². The van der Waals surface area contributed by atoms with Crippen LogP contribution in [0.15, 0.2) is 0 Å². The van der Waals surface area contributed by atoms with Gasteiger partial charge in [0, 0.05) is 0 Å². The van der Waals surface area contributed by atoms with E-state index in [2.05, 4.69) is 33.9 Å². The van der Waals surface area contributed by atoms with E-state index in [1.807, 2.05) is 0 Å². The number of rotatable bonds is 19. The molecule has 2 aliphatic rings. The summed E-state index contributed by atoms with van der Waals surface area (Å²) in [6.07, 6.45) is 18.4. The van der Waals surface area contributed by atoms with Crippen LogP contribution in [0.5, 0.6) is 0 Å². The molecule has 0 aromatic heterocycles. The molecule has 2 heterocycles. The number of nitrogens with two attached hydrogens (primary N) is 3. The molecule has 0 amide bonds. The zero-order chi connectivity index (χ0) is 27.2. The highest BCUT2D eigenvalue weighted by Crippen LogP contribution is 2.09. The molecule has 2 aliphatic heterocycles. The second-order valence-corrected chi connectivity index (χ2v) is 10.9. The average Bonchev–Trinajstić information content (AvgIpc) is 3.31. The Balaban J connectivity index is 0.000000556. The average molecular weight is 528 g/mol. The molecule has 0 spiro atoms. The van der Waals surface area contributed by atoms with E-state index >= 15 is 0 Å². The van der Waals surface area contributed by atoms with Crippen LogP contribution in [0.25, 0.3) is 0 Å². The molecule has 0 bridgehead atoms. The normalized spacial score (nSPS) is 16.7. The Labute approximate surface area is 232 Å². The van der Waals surface area contributed by atoms with E-state index in [0.717, 1.165) is 39.1 Å². The first-order chi connectivity index (χ1) is 18.2. The molecule has 0 radical (unpaired) electrons. The van der Waals surface area contributed by atoms with Gasteiger partial charge in [0.05, 0.1) is 0 Å². The smallest absolute Gasteiger partial charge is 0.000664 e. The van der Waals surface area contributed by atoms with Gasteiger partial charge in [-0.05, 0) is 156 Å². The third kappa shape index (κ3) is 25.7. The first-order valence-corrected chi connectivity index (χ1v) is 16.2. The van der Waals surface area contributed by atoms with Crippen LogP contribution in [0.3, 0.4) is 0 Å². The van der Waals surface area contributed by atoms with Crippen molar-refractivity contribution in [2.45, 2.75) is 104 Å². The van der Waals surface area contributed by atoms with Gasteiger partial charge in [0.1, 0.15) is 0 Å². The molecule has 7 heteroatoms. The highest BCUT2D eigenvalue weighted by molar-refractivity contribution is 4.65. The summed E-state index contributed by atoms with van der Waals surface area (Å²) in [6.45, 7) is 20.7. The molecule has 0 saturated carbocycles. The van der Waals surface area contributed by atoms with Gasteiger partial charge >= 0.3 is 0 Å². The fourth-order valence-corrected chi connectivity index (χ4v) is 4.87. The standard InChI is InChI=1S/C14H33N3.C9H20N2.C7H16N2/c1-3-5-12-17(13-6-4-2)14-8-11-16-10-7-9-15;10-6-5-9-11-7-3-1-2-4-8-11;8-4-3-7-9-5-1-2-6-9/h16H,3-15H2,1-2H3;1-10H2;1-8H2. The molecule has 0 aliphatic carbocycles. The number of nitrogens with one attached hydrogen (secondary N) is 1. The highest BCUT2D eigenvalue weighted by atomic mass is 15.1. The maximum Gasteiger partial charge on any atom is -0.000664 e. The Bertz CT molecular complexity index is 403. The lowest BCUT2D eigenvalue weighted by atomic mass is 10.2. The summed E-state index contributed by atoms with van der Waals surface area (Å²) in [6, 6.07) is 0. The summed E-state index contributed by atoms with van der Waals surface area (Å²) in [5, 5.41) is 3.45. The van der Waals surface area contributed by atoms with E-state index in [-0.39, 0.29) is 0 Å². The van der Waals surface area contributed by atoms with Crippen LogP contribution in [0.4, 0.5) is 0 Å². The van der Waals surface area contributed by atoms with Crippen molar-refractivity contribution in [3.63, 3.8) is 0 Å². The SMILES string of the molecule is CCCCN(CCCC)CCCNCCCN.NCCCN1CCCC1.NCCCN1CCCCCC1. The van der Waals surface area contributed by atoms with Crippen molar-refractivity contribution < 1.29 is 0 Å². The van der Waals surface area contributed by atoms with Crippen LogP contribution in [0.2, 0.25) is 0 Å².